The van der Waals surface area contributed by atoms with Crippen LogP contribution in [0.15, 0.2) is 103 Å². The molecule has 4 aromatic carbocycles. The Kier molecular flexibility index (Phi) is 8.61. The molecule has 0 saturated heterocycles. The monoisotopic (exact) mass is 510 g/mol. The summed E-state index contributed by atoms with van der Waals surface area (Å²) in [4.78, 5) is 39.7. The predicted octanol–water partition coefficient (Wildman–Crippen LogP) is 5.54. The fraction of sp³-hybridized carbons (Fsp3) is 0.129. The van der Waals surface area contributed by atoms with Gasteiger partial charge in [0.2, 0.25) is 0 Å². The number of halogens is 1. The number of benzene rings is 4. The number of aliphatic carboxylic acids is 1. The number of carboxylic acid groups (broad SMARTS) is 1. The summed E-state index contributed by atoms with van der Waals surface area (Å²) in [6.45, 7) is 0.286. The van der Waals surface area contributed by atoms with Gasteiger partial charge in [0.25, 0.3) is 11.8 Å². The Morgan fingerprint density at radius 2 is 1.32 bits per heavy atom. The Morgan fingerprint density at radius 1 is 0.737 bits per heavy atom. The van der Waals surface area contributed by atoms with E-state index in [0.717, 1.165) is 5.56 Å². The summed E-state index contributed by atoms with van der Waals surface area (Å²) < 4.78 is 14.0. The van der Waals surface area contributed by atoms with E-state index in [4.69, 9.17) is 0 Å². The maximum atomic E-state index is 14.0. The van der Waals surface area contributed by atoms with Gasteiger partial charge >= 0.3 is 5.97 Å². The topological polar surface area (TPSA) is 86.7 Å². The molecule has 2 amide bonds. The fourth-order valence-electron chi connectivity index (χ4n) is 4.19. The zero-order valence-electron chi connectivity index (χ0n) is 20.6. The van der Waals surface area contributed by atoms with Crippen molar-refractivity contribution in [3.05, 3.63) is 131 Å². The predicted molar refractivity (Wildman–Crippen MR) is 143 cm³/mol. The molecular weight excluding hydrogens is 483 g/mol. The molecule has 6 nitrogen and oxygen atoms in total. The average molecular weight is 511 g/mol. The van der Waals surface area contributed by atoms with Crippen LogP contribution in [0.4, 0.5) is 4.39 Å². The Bertz CT molecular complexity index is 1440. The van der Waals surface area contributed by atoms with E-state index in [-0.39, 0.29) is 32.0 Å². The van der Waals surface area contributed by atoms with E-state index in [1.165, 1.54) is 11.0 Å². The summed E-state index contributed by atoms with van der Waals surface area (Å²) in [5.41, 5.74) is 3.01. The molecule has 0 spiro atoms. The second-order valence-electron chi connectivity index (χ2n) is 8.72. The number of hydrogen-bond donors (Lipinski definition) is 2. The molecule has 0 aliphatic rings. The highest BCUT2D eigenvalue weighted by Crippen LogP contribution is 2.29. The molecule has 0 aromatic heterocycles. The average Bonchev–Trinajstić information content (AvgIpc) is 2.94. The first-order valence-electron chi connectivity index (χ1n) is 12.2. The number of carboxylic acids is 1. The van der Waals surface area contributed by atoms with Crippen LogP contribution in [-0.2, 0) is 17.9 Å². The van der Waals surface area contributed by atoms with E-state index in [9.17, 15) is 23.9 Å². The van der Waals surface area contributed by atoms with Crippen molar-refractivity contribution in [1.29, 1.82) is 0 Å². The lowest BCUT2D eigenvalue weighted by molar-refractivity contribution is -0.137. The lowest BCUT2D eigenvalue weighted by Gasteiger charge is -2.24. The van der Waals surface area contributed by atoms with Gasteiger partial charge in [0.05, 0.1) is 6.42 Å². The van der Waals surface area contributed by atoms with Crippen molar-refractivity contribution in [2.75, 3.05) is 6.54 Å². The van der Waals surface area contributed by atoms with Crippen molar-refractivity contribution >= 4 is 17.8 Å². The molecule has 0 fully saturated rings. The van der Waals surface area contributed by atoms with Crippen LogP contribution in [0.3, 0.4) is 0 Å². The van der Waals surface area contributed by atoms with E-state index in [0.29, 0.717) is 27.8 Å². The van der Waals surface area contributed by atoms with Crippen LogP contribution in [0.25, 0.3) is 11.1 Å². The van der Waals surface area contributed by atoms with Crippen molar-refractivity contribution in [2.45, 2.75) is 19.5 Å². The fourth-order valence-corrected chi connectivity index (χ4v) is 4.19. The molecule has 0 bridgehead atoms. The van der Waals surface area contributed by atoms with Gasteiger partial charge in [0.15, 0.2) is 0 Å². The number of rotatable bonds is 10. The van der Waals surface area contributed by atoms with Gasteiger partial charge in [-0.05, 0) is 34.9 Å². The quantitative estimate of drug-likeness (QED) is 0.293. The van der Waals surface area contributed by atoms with Crippen LogP contribution < -0.4 is 5.32 Å². The van der Waals surface area contributed by atoms with E-state index < -0.39 is 17.7 Å². The molecule has 192 valence electrons. The van der Waals surface area contributed by atoms with Crippen LogP contribution in [0.1, 0.15) is 38.3 Å². The van der Waals surface area contributed by atoms with E-state index in [1.54, 1.807) is 66.7 Å². The van der Waals surface area contributed by atoms with Gasteiger partial charge in [-0.2, -0.15) is 0 Å². The number of carbonyl (C=O) groups is 3. The number of nitrogens with one attached hydrogen (secondary N) is 1. The summed E-state index contributed by atoms with van der Waals surface area (Å²) in [7, 11) is 0. The third-order valence-electron chi connectivity index (χ3n) is 6.12. The molecule has 0 unspecified atom stereocenters. The lowest BCUT2D eigenvalue weighted by Crippen LogP contribution is -2.33. The first-order chi connectivity index (χ1) is 18.4. The number of nitrogens with zero attached hydrogens (tertiary/aromatic N) is 1. The molecule has 0 heterocycles. The summed E-state index contributed by atoms with van der Waals surface area (Å²) >= 11 is 0. The third kappa shape index (κ3) is 6.50. The second-order valence-corrected chi connectivity index (χ2v) is 8.72. The van der Waals surface area contributed by atoms with Gasteiger partial charge < -0.3 is 15.3 Å². The number of amides is 2. The molecular formula is C31H27FN2O4. The van der Waals surface area contributed by atoms with Crippen LogP contribution in [-0.4, -0.2) is 34.3 Å². The molecule has 4 rings (SSSR count). The van der Waals surface area contributed by atoms with Gasteiger partial charge in [-0.1, -0.05) is 84.9 Å². The van der Waals surface area contributed by atoms with Crippen LogP contribution in [0.2, 0.25) is 0 Å². The summed E-state index contributed by atoms with van der Waals surface area (Å²) in [6, 6.07) is 29.4. The molecule has 0 aliphatic carbocycles. The van der Waals surface area contributed by atoms with E-state index in [2.05, 4.69) is 5.32 Å². The summed E-state index contributed by atoms with van der Waals surface area (Å²) in [5.74, 6) is -2.15. The van der Waals surface area contributed by atoms with Crippen molar-refractivity contribution in [2.24, 2.45) is 0 Å². The minimum Gasteiger partial charge on any atom is -0.481 e. The van der Waals surface area contributed by atoms with Crippen LogP contribution in [0.5, 0.6) is 0 Å². The van der Waals surface area contributed by atoms with Gasteiger partial charge in [-0.3, -0.25) is 14.4 Å². The van der Waals surface area contributed by atoms with Crippen molar-refractivity contribution in [3.8, 4) is 11.1 Å². The van der Waals surface area contributed by atoms with E-state index in [1.807, 2.05) is 30.3 Å². The highest BCUT2D eigenvalue weighted by Gasteiger charge is 2.23. The van der Waals surface area contributed by atoms with Crippen molar-refractivity contribution in [1.82, 2.24) is 10.2 Å². The molecule has 7 heteroatoms. The first kappa shape index (κ1) is 26.3. The summed E-state index contributed by atoms with van der Waals surface area (Å²) in [6.07, 6.45) is -0.199. The Morgan fingerprint density at radius 3 is 2.00 bits per heavy atom. The Labute approximate surface area is 220 Å². The van der Waals surface area contributed by atoms with Gasteiger partial charge in [0, 0.05) is 36.3 Å². The number of carbonyl (C=O) groups excluding carboxylic acids is 2. The molecule has 0 radical (unpaired) electrons. The minimum atomic E-state index is -0.999. The second kappa shape index (κ2) is 12.5. The highest BCUT2D eigenvalue weighted by atomic mass is 19.1. The standard InChI is InChI=1S/C31H27FN2O4/c32-28-17-9-4-12-23(28)20-33-30(37)26-15-7-5-13-24(26)25-14-6-8-16-27(25)31(38)34(19-18-29(35)36)21-22-10-2-1-3-11-22/h1-17H,18-21H2,(H,33,37)(H,35,36). The van der Waals surface area contributed by atoms with Crippen LogP contribution in [0, 0.1) is 5.82 Å². The third-order valence-corrected chi connectivity index (χ3v) is 6.12. The normalized spacial score (nSPS) is 10.6. The van der Waals surface area contributed by atoms with Crippen molar-refractivity contribution < 1.29 is 23.9 Å². The lowest BCUT2D eigenvalue weighted by atomic mass is 9.94. The Hall–Kier alpha value is -4.78. The molecule has 0 aliphatic heterocycles. The van der Waals surface area contributed by atoms with Crippen molar-refractivity contribution in [3.63, 3.8) is 0 Å². The molecule has 2 N–H and O–H groups in total. The van der Waals surface area contributed by atoms with Gasteiger partial charge in [-0.25, -0.2) is 4.39 Å². The molecule has 4 aromatic rings. The molecule has 38 heavy (non-hydrogen) atoms. The zero-order chi connectivity index (χ0) is 26.9. The maximum Gasteiger partial charge on any atom is 0.305 e. The maximum absolute atomic E-state index is 14.0. The van der Waals surface area contributed by atoms with E-state index >= 15 is 0 Å². The molecule has 0 atom stereocenters. The first-order valence-corrected chi connectivity index (χ1v) is 12.2. The molecule has 0 saturated carbocycles. The zero-order valence-corrected chi connectivity index (χ0v) is 20.6. The van der Waals surface area contributed by atoms with Gasteiger partial charge in [-0.15, -0.1) is 0 Å². The largest absolute Gasteiger partial charge is 0.481 e. The van der Waals surface area contributed by atoms with Crippen LogP contribution >= 0.6 is 0 Å². The number of hydrogen-bond acceptors (Lipinski definition) is 3. The Balaban J connectivity index is 1.64. The highest BCUT2D eigenvalue weighted by molar-refractivity contribution is 6.06. The minimum absolute atomic E-state index is 0.0143. The van der Waals surface area contributed by atoms with Gasteiger partial charge in [0.1, 0.15) is 5.82 Å². The summed E-state index contributed by atoms with van der Waals surface area (Å²) in [5, 5.41) is 12.0. The smallest absolute Gasteiger partial charge is 0.305 e. The SMILES string of the molecule is O=C(O)CCN(Cc1ccccc1)C(=O)c1ccccc1-c1ccccc1C(=O)NCc1ccccc1F.